The maximum absolute atomic E-state index is 13.1. The standard InChI is InChI=1S/C85H146O17P2/c1-5-9-13-17-21-25-29-33-37-38-39-40-44-46-50-54-58-62-66-70-83(88)96-76-81(102-85(90)72-68-64-60-56-52-48-43-36-32-28-24-20-16-12-8-4)78-100-104(93,94)98-74-79(86)73-97-103(91,92)99-77-80(101-84(89)71-67-63-59-55-51-47-42-35-31-27-23-19-15-11-7-3)75-95-82(87)69-65-61-57-53-49-45-41-34-30-26-22-18-14-10-6-2/h9,13,21-22,24-26,28,33-37,39-43,46,50,79-81,86H,5-8,10-12,14-20,23,27,29-32,38,44-45,47-49,51-78H2,1-4H3,(H,91,92)(H,93,94)/b13-9-,25-21-,26-22-,28-24-,37-33-,40-39-,41-34-,42-35-,43-36-,50-46-/t79-,80+,81+/m0/s1. The molecular weight excluding hydrogens is 1350 g/mol. The molecule has 3 N–H and O–H groups in total. The van der Waals surface area contributed by atoms with Crippen molar-refractivity contribution in [3.8, 4) is 0 Å². The number of hydrogen-bond acceptors (Lipinski definition) is 15. The third kappa shape index (κ3) is 75.7. The van der Waals surface area contributed by atoms with Crippen LogP contribution in [0.25, 0.3) is 0 Å². The first-order chi connectivity index (χ1) is 50.7. The van der Waals surface area contributed by atoms with Crippen molar-refractivity contribution in [2.75, 3.05) is 39.6 Å². The number of rotatable bonds is 76. The number of esters is 4. The van der Waals surface area contributed by atoms with E-state index in [9.17, 15) is 43.2 Å². The molecule has 0 amide bonds. The molecule has 0 radical (unpaired) electrons. The van der Waals surface area contributed by atoms with E-state index >= 15 is 0 Å². The zero-order valence-electron chi connectivity index (χ0n) is 65.4. The summed E-state index contributed by atoms with van der Waals surface area (Å²) in [5.41, 5.74) is 0. The second kappa shape index (κ2) is 76.6. The van der Waals surface area contributed by atoms with Gasteiger partial charge in [-0.15, -0.1) is 0 Å². The number of hydrogen-bond donors (Lipinski definition) is 3. The Bertz CT molecular complexity index is 2440. The van der Waals surface area contributed by atoms with Gasteiger partial charge in [0, 0.05) is 25.7 Å². The van der Waals surface area contributed by atoms with Crippen LogP contribution in [0.5, 0.6) is 0 Å². The Morgan fingerprint density at radius 2 is 0.500 bits per heavy atom. The Kier molecular flexibility index (Phi) is 73.3. The third-order valence-corrected chi connectivity index (χ3v) is 18.8. The van der Waals surface area contributed by atoms with Gasteiger partial charge in [0.25, 0.3) is 0 Å². The van der Waals surface area contributed by atoms with E-state index in [0.29, 0.717) is 25.7 Å². The van der Waals surface area contributed by atoms with Gasteiger partial charge in [-0.3, -0.25) is 37.3 Å². The van der Waals surface area contributed by atoms with Gasteiger partial charge >= 0.3 is 39.5 Å². The Labute approximate surface area is 632 Å². The summed E-state index contributed by atoms with van der Waals surface area (Å²) in [5, 5.41) is 10.6. The molecule has 0 heterocycles. The molecule has 5 atom stereocenters. The molecular formula is C85H146O17P2. The van der Waals surface area contributed by atoms with Gasteiger partial charge < -0.3 is 33.8 Å². The van der Waals surface area contributed by atoms with Crippen LogP contribution in [0.2, 0.25) is 0 Å². The van der Waals surface area contributed by atoms with Crippen LogP contribution in [-0.4, -0.2) is 96.7 Å². The Balaban J connectivity index is 5.42. The van der Waals surface area contributed by atoms with Crippen LogP contribution in [0, 0.1) is 0 Å². The highest BCUT2D eigenvalue weighted by molar-refractivity contribution is 7.47. The van der Waals surface area contributed by atoms with Crippen molar-refractivity contribution < 1.29 is 80.2 Å². The van der Waals surface area contributed by atoms with Gasteiger partial charge in [-0.1, -0.05) is 271 Å². The van der Waals surface area contributed by atoms with Crippen molar-refractivity contribution >= 4 is 39.5 Å². The topological polar surface area (TPSA) is 237 Å². The maximum Gasteiger partial charge on any atom is 0.472 e. The zero-order chi connectivity index (χ0) is 76.0. The molecule has 0 saturated carbocycles. The van der Waals surface area contributed by atoms with Crippen LogP contribution in [-0.2, 0) is 65.4 Å². The van der Waals surface area contributed by atoms with Crippen LogP contribution < -0.4 is 0 Å². The molecule has 17 nitrogen and oxygen atoms in total. The molecule has 0 spiro atoms. The summed E-state index contributed by atoms with van der Waals surface area (Å²) >= 11 is 0. The Hall–Kier alpha value is -4.54. The molecule has 0 bridgehead atoms. The zero-order valence-corrected chi connectivity index (χ0v) is 67.2. The number of unbranched alkanes of at least 4 members (excludes halogenated alkanes) is 30. The van der Waals surface area contributed by atoms with E-state index in [1.165, 1.54) is 77.0 Å². The third-order valence-electron chi connectivity index (χ3n) is 16.9. The van der Waals surface area contributed by atoms with Crippen LogP contribution in [0.1, 0.15) is 336 Å². The molecule has 0 aliphatic carbocycles. The predicted molar refractivity (Wildman–Crippen MR) is 427 cm³/mol. The highest BCUT2D eigenvalue weighted by Gasteiger charge is 2.30. The fraction of sp³-hybridized carbons (Fsp3) is 0.718. The Morgan fingerprint density at radius 3 is 0.808 bits per heavy atom. The number of phosphoric ester groups is 2. The smallest absolute Gasteiger partial charge is 0.462 e. The molecule has 0 fully saturated rings. The summed E-state index contributed by atoms with van der Waals surface area (Å²) in [7, 11) is -9.98. The van der Waals surface area contributed by atoms with Crippen molar-refractivity contribution in [1.82, 2.24) is 0 Å². The fourth-order valence-electron chi connectivity index (χ4n) is 10.7. The summed E-state index contributed by atoms with van der Waals surface area (Å²) in [4.78, 5) is 73.1. The van der Waals surface area contributed by atoms with Gasteiger partial charge in [-0.25, -0.2) is 9.13 Å². The average molecular weight is 1500 g/mol. The minimum Gasteiger partial charge on any atom is -0.462 e. The van der Waals surface area contributed by atoms with E-state index in [1.54, 1.807) is 0 Å². The lowest BCUT2D eigenvalue weighted by molar-refractivity contribution is -0.161. The minimum absolute atomic E-state index is 0.0688. The minimum atomic E-state index is -4.99. The summed E-state index contributed by atoms with van der Waals surface area (Å²) in [6.07, 6.45) is 84.5. The average Bonchev–Trinajstić information content (AvgIpc) is 0.918. The van der Waals surface area contributed by atoms with Crippen molar-refractivity contribution in [1.29, 1.82) is 0 Å². The van der Waals surface area contributed by atoms with Crippen LogP contribution in [0.15, 0.2) is 122 Å². The predicted octanol–water partition coefficient (Wildman–Crippen LogP) is 23.9. The van der Waals surface area contributed by atoms with Crippen LogP contribution in [0.4, 0.5) is 0 Å². The van der Waals surface area contributed by atoms with Gasteiger partial charge in [0.15, 0.2) is 12.2 Å². The molecule has 598 valence electrons. The van der Waals surface area contributed by atoms with Crippen molar-refractivity contribution in [2.24, 2.45) is 0 Å². The number of allylic oxidation sites excluding steroid dienone is 20. The number of ether oxygens (including phenoxy) is 4. The summed E-state index contributed by atoms with van der Waals surface area (Å²) in [6, 6.07) is 0. The number of phosphoric acid groups is 2. The van der Waals surface area contributed by atoms with Crippen molar-refractivity contribution in [2.45, 2.75) is 354 Å². The molecule has 0 saturated heterocycles. The lowest BCUT2D eigenvalue weighted by atomic mass is 10.1. The number of carbonyl (C=O) groups is 4. The summed E-state index contributed by atoms with van der Waals surface area (Å²) < 4.78 is 68.6. The lowest BCUT2D eigenvalue weighted by Gasteiger charge is -2.21. The SMILES string of the molecule is CC/C=C\C/C=C\C/C=C\C/C=C\C/C=C\CCCCCC(=O)OC[C@H](COP(=O)(O)OC[C@@H](O)COP(=O)(O)OC[C@@H](COC(=O)CCCCCCC/C=C\C/C=C\CCCCC)OC(=O)CCCCCCC/C=C\CCCCCCCC)OC(=O)CCCCCCC/C=C\C/C=C\CCCCC. The highest BCUT2D eigenvalue weighted by Crippen LogP contribution is 2.45. The van der Waals surface area contributed by atoms with Gasteiger partial charge in [-0.2, -0.15) is 0 Å². The molecule has 0 aliphatic heterocycles. The van der Waals surface area contributed by atoms with E-state index in [4.69, 9.17) is 37.0 Å². The van der Waals surface area contributed by atoms with Crippen LogP contribution >= 0.6 is 15.6 Å². The first-order valence-corrected chi connectivity index (χ1v) is 43.8. The molecule has 0 aliphatic rings. The van der Waals surface area contributed by atoms with Gasteiger partial charge in [0.05, 0.1) is 26.4 Å². The first kappa shape index (κ1) is 99.5. The highest BCUT2D eigenvalue weighted by atomic mass is 31.2. The molecule has 0 rings (SSSR count). The van der Waals surface area contributed by atoms with Gasteiger partial charge in [0.1, 0.15) is 19.3 Å². The van der Waals surface area contributed by atoms with Crippen molar-refractivity contribution in [3.05, 3.63) is 122 Å². The molecule has 0 aromatic rings. The van der Waals surface area contributed by atoms with E-state index in [2.05, 4.69) is 149 Å². The normalized spacial score (nSPS) is 14.5. The molecule has 0 aromatic carbocycles. The molecule has 2 unspecified atom stereocenters. The number of aliphatic hydroxyl groups is 1. The van der Waals surface area contributed by atoms with Crippen molar-refractivity contribution in [3.63, 3.8) is 0 Å². The van der Waals surface area contributed by atoms with E-state index in [0.717, 1.165) is 180 Å². The van der Waals surface area contributed by atoms with E-state index in [1.807, 2.05) is 0 Å². The molecule has 104 heavy (non-hydrogen) atoms. The second-order valence-electron chi connectivity index (χ2n) is 27.0. The Morgan fingerprint density at radius 1 is 0.279 bits per heavy atom. The van der Waals surface area contributed by atoms with Gasteiger partial charge in [0.2, 0.25) is 0 Å². The van der Waals surface area contributed by atoms with Gasteiger partial charge in [-0.05, 0) is 161 Å². The second-order valence-corrected chi connectivity index (χ2v) is 29.9. The molecule has 0 aromatic heterocycles. The quantitative estimate of drug-likeness (QED) is 0.0169. The first-order valence-electron chi connectivity index (χ1n) is 40.8. The lowest BCUT2D eigenvalue weighted by Crippen LogP contribution is -2.30. The largest absolute Gasteiger partial charge is 0.472 e. The summed E-state index contributed by atoms with van der Waals surface area (Å²) in [6.45, 7) is 4.65. The van der Waals surface area contributed by atoms with E-state index < -0.39 is 97.5 Å². The fourth-order valence-corrected chi connectivity index (χ4v) is 12.2. The summed E-state index contributed by atoms with van der Waals surface area (Å²) in [5.74, 6) is -2.24. The molecule has 19 heteroatoms. The number of carbonyl (C=O) groups excluding carboxylic acids is 4. The van der Waals surface area contributed by atoms with Crippen LogP contribution in [0.3, 0.4) is 0 Å². The monoisotopic (exact) mass is 1500 g/mol. The van der Waals surface area contributed by atoms with E-state index in [-0.39, 0.29) is 25.7 Å². The maximum atomic E-state index is 13.1. The number of aliphatic hydroxyl groups excluding tert-OH is 1.